The molecule has 1 unspecified atom stereocenters. The van der Waals surface area contributed by atoms with Crippen LogP contribution in [0.15, 0.2) is 0 Å². The minimum Gasteiger partial charge on any atom is -0.479 e. The molecule has 0 aliphatic carbocycles. The third-order valence-electron chi connectivity index (χ3n) is 4.31. The van der Waals surface area contributed by atoms with Gasteiger partial charge in [0.2, 0.25) is 0 Å². The number of ether oxygens (including phenoxy) is 2. The van der Waals surface area contributed by atoms with Crippen molar-refractivity contribution < 1.29 is 23.8 Å². The third-order valence-corrected chi connectivity index (χ3v) is 8.81. The lowest BCUT2D eigenvalue weighted by Gasteiger charge is -2.40. The zero-order chi connectivity index (χ0) is 17.3. The molecular weight excluding hydrogens is 300 g/mol. The van der Waals surface area contributed by atoms with E-state index in [1.54, 1.807) is 13.8 Å². The summed E-state index contributed by atoms with van der Waals surface area (Å²) in [5.41, 5.74) is 0. The van der Waals surface area contributed by atoms with E-state index in [1.165, 1.54) is 0 Å². The predicted octanol–water partition coefficient (Wildman–Crippen LogP) is 3.00. The van der Waals surface area contributed by atoms with Gasteiger partial charge in [-0.1, -0.05) is 20.8 Å². The monoisotopic (exact) mass is 328 g/mol. The topological polar surface area (TPSA) is 65.0 Å². The first kappa shape index (κ1) is 19.2. The summed E-state index contributed by atoms with van der Waals surface area (Å²) < 4.78 is 17.6. The van der Waals surface area contributed by atoms with Crippen LogP contribution in [-0.4, -0.2) is 43.5 Å². The van der Waals surface area contributed by atoms with Gasteiger partial charge in [-0.3, -0.25) is 0 Å². The highest BCUT2D eigenvalue weighted by atomic mass is 28.4. The lowest BCUT2D eigenvalue weighted by atomic mass is 10.1. The number of hydrogen-bond donors (Lipinski definition) is 1. The van der Waals surface area contributed by atoms with Crippen LogP contribution in [-0.2, 0) is 18.7 Å². The Hall–Kier alpha value is -0.873. The molecule has 22 heavy (non-hydrogen) atoms. The lowest BCUT2D eigenvalue weighted by molar-refractivity contribution is -0.167. The molecule has 0 amide bonds. The van der Waals surface area contributed by atoms with E-state index < -0.39 is 38.4 Å². The van der Waals surface area contributed by atoms with Crippen LogP contribution in [0.3, 0.4) is 0 Å². The molecule has 0 aromatic heterocycles. The molecule has 0 saturated carbocycles. The summed E-state index contributed by atoms with van der Waals surface area (Å²) in [4.78, 5) is 11.5. The van der Waals surface area contributed by atoms with E-state index in [9.17, 15) is 9.90 Å². The maximum absolute atomic E-state index is 11.5. The highest BCUT2D eigenvalue weighted by Gasteiger charge is 2.51. The van der Waals surface area contributed by atoms with Gasteiger partial charge in [-0.05, 0) is 32.0 Å². The maximum Gasteiger partial charge on any atom is 0.335 e. The standard InChI is InChI=1S/C16H28O5Si/c1-9-10-11(21-22(7,8)15(2,3)4)12-13(14(17)18)20-16(5,6)19-12/h1,11-13H,10H2,2-8H3,(H,17,18)/t11?,12-,13+/m0/s1. The van der Waals surface area contributed by atoms with Crippen molar-refractivity contribution in [2.24, 2.45) is 0 Å². The van der Waals surface area contributed by atoms with Crippen molar-refractivity contribution in [3.8, 4) is 12.3 Å². The third kappa shape index (κ3) is 4.32. The Morgan fingerprint density at radius 2 is 1.95 bits per heavy atom. The molecule has 0 aromatic rings. The number of carboxylic acids is 1. The fraction of sp³-hybridized carbons (Fsp3) is 0.812. The molecule has 1 rings (SSSR count). The Kier molecular flexibility index (Phi) is 5.51. The normalized spacial score (nSPS) is 26.5. The van der Waals surface area contributed by atoms with Gasteiger partial charge in [0.1, 0.15) is 6.10 Å². The van der Waals surface area contributed by atoms with Crippen molar-refractivity contribution >= 4 is 14.3 Å². The number of terminal acetylenes is 1. The molecule has 0 spiro atoms. The number of carboxylic acid groups (broad SMARTS) is 1. The molecule has 5 nitrogen and oxygen atoms in total. The molecule has 3 atom stereocenters. The number of hydrogen-bond acceptors (Lipinski definition) is 4. The van der Waals surface area contributed by atoms with E-state index in [1.807, 2.05) is 0 Å². The van der Waals surface area contributed by atoms with Crippen molar-refractivity contribution in [2.45, 2.75) is 83.3 Å². The highest BCUT2D eigenvalue weighted by Crippen LogP contribution is 2.40. The van der Waals surface area contributed by atoms with Gasteiger partial charge in [0.25, 0.3) is 0 Å². The number of rotatable bonds is 5. The van der Waals surface area contributed by atoms with Gasteiger partial charge in [0, 0.05) is 6.42 Å². The van der Waals surface area contributed by atoms with Crippen LogP contribution in [0.4, 0.5) is 0 Å². The summed E-state index contributed by atoms with van der Waals surface area (Å²) in [7, 11) is -2.11. The van der Waals surface area contributed by atoms with Crippen molar-refractivity contribution in [3.63, 3.8) is 0 Å². The molecule has 0 bridgehead atoms. The average Bonchev–Trinajstić information content (AvgIpc) is 2.63. The van der Waals surface area contributed by atoms with Crippen LogP contribution in [0.1, 0.15) is 41.0 Å². The van der Waals surface area contributed by atoms with E-state index in [2.05, 4.69) is 39.8 Å². The van der Waals surface area contributed by atoms with E-state index >= 15 is 0 Å². The SMILES string of the molecule is C#CCC(O[Si](C)(C)C(C)(C)C)[C@@H]1OC(C)(C)O[C@H]1C(=O)O. The summed E-state index contributed by atoms with van der Waals surface area (Å²) >= 11 is 0. The molecule has 1 aliphatic heterocycles. The van der Waals surface area contributed by atoms with Crippen molar-refractivity contribution in [2.75, 3.05) is 0 Å². The van der Waals surface area contributed by atoms with Crippen LogP contribution in [0.25, 0.3) is 0 Å². The van der Waals surface area contributed by atoms with E-state index in [0.29, 0.717) is 6.42 Å². The number of aliphatic carboxylic acids is 1. The molecule has 0 aromatic carbocycles. The zero-order valence-corrected chi connectivity index (χ0v) is 15.6. The molecule has 1 N–H and O–H groups in total. The Bertz CT molecular complexity index is 458. The molecule has 6 heteroatoms. The van der Waals surface area contributed by atoms with Gasteiger partial charge in [-0.15, -0.1) is 12.3 Å². The number of carbonyl (C=O) groups is 1. The van der Waals surface area contributed by atoms with Crippen LogP contribution in [0.2, 0.25) is 18.1 Å². The molecular formula is C16H28O5Si. The summed E-state index contributed by atoms with van der Waals surface area (Å²) in [5, 5.41) is 9.38. The lowest BCUT2D eigenvalue weighted by Crippen LogP contribution is -2.50. The maximum atomic E-state index is 11.5. The van der Waals surface area contributed by atoms with Crippen LogP contribution in [0.5, 0.6) is 0 Å². The minimum absolute atomic E-state index is 0.00640. The quantitative estimate of drug-likeness (QED) is 0.621. The summed E-state index contributed by atoms with van der Waals surface area (Å²) in [6, 6.07) is 0. The summed E-state index contributed by atoms with van der Waals surface area (Å²) in [5.74, 6) is 0.554. The van der Waals surface area contributed by atoms with Gasteiger partial charge in [0.15, 0.2) is 20.2 Å². The predicted molar refractivity (Wildman–Crippen MR) is 87.0 cm³/mol. The first-order valence-corrected chi connectivity index (χ1v) is 10.4. The van der Waals surface area contributed by atoms with E-state index in [0.717, 1.165) is 0 Å². The Labute approximate surface area is 134 Å². The molecule has 1 saturated heterocycles. The van der Waals surface area contributed by atoms with Gasteiger partial charge >= 0.3 is 5.97 Å². The highest BCUT2D eigenvalue weighted by molar-refractivity contribution is 6.74. The first-order valence-electron chi connectivity index (χ1n) is 7.50. The van der Waals surface area contributed by atoms with Gasteiger partial charge in [0.05, 0.1) is 6.10 Å². The Morgan fingerprint density at radius 1 is 1.41 bits per heavy atom. The molecule has 1 aliphatic rings. The van der Waals surface area contributed by atoms with Crippen molar-refractivity contribution in [1.82, 2.24) is 0 Å². The fourth-order valence-corrected chi connectivity index (χ4v) is 3.48. The molecule has 126 valence electrons. The Morgan fingerprint density at radius 3 is 2.36 bits per heavy atom. The molecule has 0 radical (unpaired) electrons. The second-order valence-corrected chi connectivity index (χ2v) is 12.4. The largest absolute Gasteiger partial charge is 0.479 e. The van der Waals surface area contributed by atoms with Crippen molar-refractivity contribution in [3.05, 3.63) is 0 Å². The van der Waals surface area contributed by atoms with Crippen molar-refractivity contribution in [1.29, 1.82) is 0 Å². The van der Waals surface area contributed by atoms with Gasteiger partial charge in [-0.25, -0.2) is 4.79 Å². The smallest absolute Gasteiger partial charge is 0.335 e. The molecule has 1 fully saturated rings. The van der Waals surface area contributed by atoms with Gasteiger partial charge in [-0.2, -0.15) is 0 Å². The summed E-state index contributed by atoms with van der Waals surface area (Å²) in [6.45, 7) is 14.0. The summed E-state index contributed by atoms with van der Waals surface area (Å²) in [6.07, 6.45) is 3.47. The van der Waals surface area contributed by atoms with E-state index in [-0.39, 0.29) is 5.04 Å². The fourth-order valence-electron chi connectivity index (χ4n) is 2.15. The van der Waals surface area contributed by atoms with E-state index in [4.69, 9.17) is 20.3 Å². The average molecular weight is 328 g/mol. The molecule has 1 heterocycles. The van der Waals surface area contributed by atoms with Crippen LogP contribution >= 0.6 is 0 Å². The second kappa shape index (κ2) is 6.32. The van der Waals surface area contributed by atoms with Crippen LogP contribution < -0.4 is 0 Å². The minimum atomic E-state index is -2.11. The first-order chi connectivity index (χ1) is 9.81. The zero-order valence-electron chi connectivity index (χ0n) is 14.6. The van der Waals surface area contributed by atoms with Gasteiger partial charge < -0.3 is 19.0 Å². The second-order valence-electron chi connectivity index (χ2n) is 7.68. The Balaban J connectivity index is 3.05. The van der Waals surface area contributed by atoms with Crippen LogP contribution in [0, 0.1) is 12.3 Å².